The Morgan fingerprint density at radius 3 is 2.32 bits per heavy atom. The first-order valence-corrected chi connectivity index (χ1v) is 6.15. The smallest absolute Gasteiger partial charge is 0.256 e. The summed E-state index contributed by atoms with van der Waals surface area (Å²) in [5.74, 6) is -0.365. The van der Waals surface area contributed by atoms with Gasteiger partial charge in [0, 0.05) is 25.4 Å². The number of carbonyl (C=O) groups is 2. The van der Waals surface area contributed by atoms with E-state index in [0.29, 0.717) is 17.8 Å². The van der Waals surface area contributed by atoms with Gasteiger partial charge in [-0.15, -0.1) is 0 Å². The Balaban J connectivity index is 2.82. The number of carbonyl (C=O) groups excluding carboxylic acids is 2. The van der Waals surface area contributed by atoms with E-state index in [1.807, 2.05) is 6.92 Å². The molecule has 0 aliphatic rings. The number of anilines is 2. The van der Waals surface area contributed by atoms with Crippen molar-refractivity contribution in [3.8, 4) is 0 Å². The molecule has 5 nitrogen and oxygen atoms in total. The highest BCUT2D eigenvalue weighted by molar-refractivity contribution is 5.98. The monoisotopic (exact) mass is 264 g/mol. The fourth-order valence-electron chi connectivity index (χ4n) is 1.54. The molecule has 2 amide bonds. The number of rotatable bonds is 5. The van der Waals surface area contributed by atoms with Gasteiger partial charge in [-0.3, -0.25) is 9.59 Å². The first-order chi connectivity index (χ1) is 8.91. The standard InChI is InChI=1S/C14H20N2O3/c1-5-14(3,19-4)13(18)16-12-8-6-7-11(9-12)15-10(2)17/h6-9H,5H2,1-4H3,(H,15,17)(H,16,18). The maximum absolute atomic E-state index is 12.1. The maximum atomic E-state index is 12.1. The molecule has 5 heteroatoms. The zero-order valence-electron chi connectivity index (χ0n) is 11.7. The first-order valence-electron chi connectivity index (χ1n) is 6.15. The second kappa shape index (κ2) is 6.33. The number of benzene rings is 1. The predicted molar refractivity (Wildman–Crippen MR) is 75.1 cm³/mol. The highest BCUT2D eigenvalue weighted by atomic mass is 16.5. The molecule has 0 fully saturated rings. The largest absolute Gasteiger partial charge is 0.369 e. The molecule has 1 atom stereocenters. The lowest BCUT2D eigenvalue weighted by Crippen LogP contribution is -2.41. The van der Waals surface area contributed by atoms with E-state index in [9.17, 15) is 9.59 Å². The Bertz CT molecular complexity index is 468. The molecular formula is C14H20N2O3. The second-order valence-corrected chi connectivity index (χ2v) is 4.50. The van der Waals surface area contributed by atoms with E-state index in [-0.39, 0.29) is 11.8 Å². The zero-order valence-corrected chi connectivity index (χ0v) is 11.7. The molecule has 0 heterocycles. The lowest BCUT2D eigenvalue weighted by molar-refractivity contribution is -0.136. The van der Waals surface area contributed by atoms with Gasteiger partial charge in [-0.1, -0.05) is 13.0 Å². The van der Waals surface area contributed by atoms with Crippen molar-refractivity contribution in [2.24, 2.45) is 0 Å². The molecule has 0 aromatic heterocycles. The van der Waals surface area contributed by atoms with Crippen LogP contribution in [-0.4, -0.2) is 24.5 Å². The zero-order chi connectivity index (χ0) is 14.5. The quantitative estimate of drug-likeness (QED) is 0.858. The van der Waals surface area contributed by atoms with E-state index in [2.05, 4.69) is 10.6 Å². The summed E-state index contributed by atoms with van der Waals surface area (Å²) in [6.45, 7) is 5.06. The van der Waals surface area contributed by atoms with Gasteiger partial charge < -0.3 is 15.4 Å². The van der Waals surface area contributed by atoms with Gasteiger partial charge in [0.15, 0.2) is 0 Å². The van der Waals surface area contributed by atoms with E-state index in [1.165, 1.54) is 14.0 Å². The van der Waals surface area contributed by atoms with Crippen molar-refractivity contribution >= 4 is 23.2 Å². The molecule has 19 heavy (non-hydrogen) atoms. The van der Waals surface area contributed by atoms with E-state index < -0.39 is 5.60 Å². The molecule has 0 aliphatic heterocycles. The molecule has 0 spiro atoms. The van der Waals surface area contributed by atoms with Crippen LogP contribution in [0.1, 0.15) is 27.2 Å². The van der Waals surface area contributed by atoms with Crippen molar-refractivity contribution < 1.29 is 14.3 Å². The van der Waals surface area contributed by atoms with Gasteiger partial charge in [-0.25, -0.2) is 0 Å². The van der Waals surface area contributed by atoms with Crippen LogP contribution in [0.25, 0.3) is 0 Å². The van der Waals surface area contributed by atoms with Crippen molar-refractivity contribution in [1.29, 1.82) is 0 Å². The third-order valence-electron chi connectivity index (χ3n) is 3.05. The van der Waals surface area contributed by atoms with Crippen molar-refractivity contribution in [3.05, 3.63) is 24.3 Å². The third-order valence-corrected chi connectivity index (χ3v) is 3.05. The summed E-state index contributed by atoms with van der Waals surface area (Å²) in [4.78, 5) is 23.1. The normalized spacial score (nSPS) is 13.5. The molecule has 1 aromatic carbocycles. The molecule has 1 aromatic rings. The Kier molecular flexibility index (Phi) is 5.06. The van der Waals surface area contributed by atoms with Crippen LogP contribution in [-0.2, 0) is 14.3 Å². The number of amides is 2. The molecule has 2 N–H and O–H groups in total. The number of hydrogen-bond donors (Lipinski definition) is 2. The van der Waals surface area contributed by atoms with Crippen molar-refractivity contribution in [1.82, 2.24) is 0 Å². The molecule has 0 saturated heterocycles. The Morgan fingerprint density at radius 2 is 1.84 bits per heavy atom. The van der Waals surface area contributed by atoms with Gasteiger partial charge in [0.2, 0.25) is 5.91 Å². The Hall–Kier alpha value is -1.88. The topological polar surface area (TPSA) is 67.4 Å². The van der Waals surface area contributed by atoms with Crippen molar-refractivity contribution in [2.45, 2.75) is 32.8 Å². The summed E-state index contributed by atoms with van der Waals surface area (Å²) in [5, 5.41) is 5.45. The van der Waals surface area contributed by atoms with E-state index in [1.54, 1.807) is 31.2 Å². The molecule has 1 unspecified atom stereocenters. The summed E-state index contributed by atoms with van der Waals surface area (Å²) < 4.78 is 5.23. The summed E-state index contributed by atoms with van der Waals surface area (Å²) in [6.07, 6.45) is 0.570. The van der Waals surface area contributed by atoms with Gasteiger partial charge in [0.05, 0.1) is 0 Å². The van der Waals surface area contributed by atoms with E-state index >= 15 is 0 Å². The highest BCUT2D eigenvalue weighted by Gasteiger charge is 2.30. The minimum atomic E-state index is -0.857. The maximum Gasteiger partial charge on any atom is 0.256 e. The highest BCUT2D eigenvalue weighted by Crippen LogP contribution is 2.20. The molecule has 0 radical (unpaired) electrons. The first kappa shape index (κ1) is 15.2. The van der Waals surface area contributed by atoms with Crippen LogP contribution in [0.5, 0.6) is 0 Å². The van der Waals surface area contributed by atoms with Crippen LogP contribution < -0.4 is 10.6 Å². The van der Waals surface area contributed by atoms with Gasteiger partial charge >= 0.3 is 0 Å². The molecule has 0 aliphatic carbocycles. The summed E-state index contributed by atoms with van der Waals surface area (Å²) >= 11 is 0. The molecule has 104 valence electrons. The number of ether oxygens (including phenoxy) is 1. The molecule has 0 saturated carbocycles. The predicted octanol–water partition coefficient (Wildman–Crippen LogP) is 2.40. The van der Waals surface area contributed by atoms with Gasteiger partial charge in [-0.2, -0.15) is 0 Å². The van der Waals surface area contributed by atoms with Crippen LogP contribution >= 0.6 is 0 Å². The molecular weight excluding hydrogens is 244 g/mol. The number of nitrogens with one attached hydrogen (secondary N) is 2. The van der Waals surface area contributed by atoms with Crippen molar-refractivity contribution in [3.63, 3.8) is 0 Å². The number of hydrogen-bond acceptors (Lipinski definition) is 3. The molecule has 0 bridgehead atoms. The fraction of sp³-hybridized carbons (Fsp3) is 0.429. The summed E-state index contributed by atoms with van der Waals surface area (Å²) in [7, 11) is 1.51. The minimum Gasteiger partial charge on any atom is -0.369 e. The fourth-order valence-corrected chi connectivity index (χ4v) is 1.54. The lowest BCUT2D eigenvalue weighted by atomic mass is 10.0. The minimum absolute atomic E-state index is 0.154. The van der Waals surface area contributed by atoms with Crippen molar-refractivity contribution in [2.75, 3.05) is 17.7 Å². The Labute approximate surface area is 113 Å². The van der Waals surface area contributed by atoms with E-state index in [0.717, 1.165) is 0 Å². The second-order valence-electron chi connectivity index (χ2n) is 4.50. The average molecular weight is 264 g/mol. The SMILES string of the molecule is CCC(C)(OC)C(=O)Nc1cccc(NC(C)=O)c1. The van der Waals surface area contributed by atoms with Crippen LogP contribution in [0.15, 0.2) is 24.3 Å². The van der Waals surface area contributed by atoms with E-state index in [4.69, 9.17) is 4.74 Å². The van der Waals surface area contributed by atoms with Crippen LogP contribution in [0.2, 0.25) is 0 Å². The lowest BCUT2D eigenvalue weighted by Gasteiger charge is -2.25. The summed E-state index contributed by atoms with van der Waals surface area (Å²) in [6, 6.07) is 6.98. The summed E-state index contributed by atoms with van der Waals surface area (Å²) in [5.41, 5.74) is 0.401. The van der Waals surface area contributed by atoms with Gasteiger partial charge in [-0.05, 0) is 31.5 Å². The molecule has 1 rings (SSSR count). The van der Waals surface area contributed by atoms with Crippen LogP contribution in [0.3, 0.4) is 0 Å². The van der Waals surface area contributed by atoms with Gasteiger partial charge in [0.1, 0.15) is 5.60 Å². The van der Waals surface area contributed by atoms with Gasteiger partial charge in [0.25, 0.3) is 5.91 Å². The van der Waals surface area contributed by atoms with Crippen LogP contribution in [0.4, 0.5) is 11.4 Å². The Morgan fingerprint density at radius 1 is 1.26 bits per heavy atom. The third kappa shape index (κ3) is 4.06. The van der Waals surface area contributed by atoms with Crippen LogP contribution in [0, 0.1) is 0 Å². The number of methoxy groups -OCH3 is 1. The average Bonchev–Trinajstić information content (AvgIpc) is 2.37.